The molecule has 0 unspecified atom stereocenters. The molecular weight excluding hydrogens is 418 g/mol. The fourth-order valence-corrected chi connectivity index (χ4v) is 3.74. The predicted molar refractivity (Wildman–Crippen MR) is 125 cm³/mol. The third-order valence-corrected chi connectivity index (χ3v) is 5.40. The molecule has 1 aromatic heterocycles. The van der Waals surface area contributed by atoms with Crippen LogP contribution in [0.15, 0.2) is 72.9 Å². The summed E-state index contributed by atoms with van der Waals surface area (Å²) in [5.41, 5.74) is 4.22. The second kappa shape index (κ2) is 8.40. The van der Waals surface area contributed by atoms with Crippen molar-refractivity contribution < 1.29 is 14.3 Å². The summed E-state index contributed by atoms with van der Waals surface area (Å²) in [6.45, 7) is 0.268. The Balaban J connectivity index is 1.30. The minimum absolute atomic E-state index is 0.0882. The highest BCUT2D eigenvalue weighted by Gasteiger charge is 2.26. The van der Waals surface area contributed by atoms with E-state index in [0.29, 0.717) is 34.9 Å². The highest BCUT2D eigenvalue weighted by molar-refractivity contribution is 6.02. The van der Waals surface area contributed by atoms with Gasteiger partial charge in [0.05, 0.1) is 23.9 Å². The normalized spacial score (nSPS) is 12.6. The number of amides is 3. The largest absolute Gasteiger partial charge is 0.481 e. The molecule has 4 aromatic rings. The summed E-state index contributed by atoms with van der Waals surface area (Å²) >= 11 is 0. The predicted octanol–water partition coefficient (Wildman–Crippen LogP) is 4.61. The zero-order valence-corrected chi connectivity index (χ0v) is 17.5. The van der Waals surface area contributed by atoms with Gasteiger partial charge in [-0.25, -0.2) is 4.79 Å². The Morgan fingerprint density at radius 2 is 1.79 bits per heavy atom. The minimum Gasteiger partial charge on any atom is -0.481 e. The van der Waals surface area contributed by atoms with E-state index in [1.165, 1.54) is 0 Å². The third-order valence-electron chi connectivity index (χ3n) is 5.40. The number of benzene rings is 3. The Morgan fingerprint density at radius 1 is 1.03 bits per heavy atom. The molecule has 8 heteroatoms. The first kappa shape index (κ1) is 20.2. The van der Waals surface area contributed by atoms with Crippen LogP contribution in [-0.4, -0.2) is 23.5 Å². The molecule has 33 heavy (non-hydrogen) atoms. The number of H-pyrrole nitrogens is 1. The van der Waals surface area contributed by atoms with Gasteiger partial charge in [0.15, 0.2) is 6.61 Å². The van der Waals surface area contributed by atoms with Crippen molar-refractivity contribution in [3.8, 4) is 11.8 Å². The summed E-state index contributed by atoms with van der Waals surface area (Å²) in [6.07, 6.45) is 1.84. The Labute approximate surface area is 189 Å². The molecule has 3 aromatic carbocycles. The third kappa shape index (κ3) is 4.20. The van der Waals surface area contributed by atoms with Gasteiger partial charge in [0, 0.05) is 29.2 Å². The fraction of sp³-hybridized carbons (Fsp3) is 0.0800. The number of aromatic amines is 1. The summed E-state index contributed by atoms with van der Waals surface area (Å²) in [5.74, 6) is 0.346. The average Bonchev–Trinajstić information content (AvgIpc) is 3.29. The van der Waals surface area contributed by atoms with Crippen LogP contribution in [0.25, 0.3) is 10.9 Å². The number of ether oxygens (including phenoxy) is 1. The lowest BCUT2D eigenvalue weighted by Crippen LogP contribution is -2.38. The molecule has 0 bridgehead atoms. The topological polar surface area (TPSA) is 110 Å². The van der Waals surface area contributed by atoms with Crippen LogP contribution in [0.4, 0.5) is 21.9 Å². The van der Waals surface area contributed by atoms with Gasteiger partial charge in [0.2, 0.25) is 0 Å². The maximum atomic E-state index is 12.5. The zero-order valence-electron chi connectivity index (χ0n) is 17.5. The van der Waals surface area contributed by atoms with Gasteiger partial charge in [0.1, 0.15) is 5.75 Å². The number of fused-ring (bicyclic) bond motifs is 2. The number of anilines is 3. The van der Waals surface area contributed by atoms with Crippen molar-refractivity contribution in [2.75, 3.05) is 22.1 Å². The SMILES string of the molecule is N#Cc1ccc(CN2C(=O)COc3cc(NC(=O)Nc4ccc5cc[nH]c5c4)ccc32)cc1. The Morgan fingerprint density at radius 3 is 2.58 bits per heavy atom. The Bertz CT molecular complexity index is 1400. The summed E-state index contributed by atoms with van der Waals surface area (Å²) < 4.78 is 5.61. The summed E-state index contributed by atoms with van der Waals surface area (Å²) in [5, 5.41) is 15.6. The maximum Gasteiger partial charge on any atom is 0.323 e. The van der Waals surface area contributed by atoms with Gasteiger partial charge < -0.3 is 25.3 Å². The van der Waals surface area contributed by atoms with E-state index < -0.39 is 0 Å². The molecule has 5 rings (SSSR count). The number of aromatic nitrogens is 1. The van der Waals surface area contributed by atoms with E-state index in [9.17, 15) is 9.59 Å². The van der Waals surface area contributed by atoms with Gasteiger partial charge in [0.25, 0.3) is 5.91 Å². The molecule has 0 aliphatic carbocycles. The van der Waals surface area contributed by atoms with Crippen molar-refractivity contribution in [2.24, 2.45) is 0 Å². The highest BCUT2D eigenvalue weighted by Crippen LogP contribution is 2.35. The van der Waals surface area contributed by atoms with Crippen molar-refractivity contribution in [1.29, 1.82) is 5.26 Å². The number of carbonyl (C=O) groups excluding carboxylic acids is 2. The lowest BCUT2D eigenvalue weighted by molar-refractivity contribution is -0.121. The molecule has 0 radical (unpaired) electrons. The first-order chi connectivity index (χ1) is 16.1. The quantitative estimate of drug-likeness (QED) is 0.433. The van der Waals surface area contributed by atoms with E-state index >= 15 is 0 Å². The molecule has 3 amide bonds. The molecule has 0 saturated heterocycles. The molecule has 0 fully saturated rings. The lowest BCUT2D eigenvalue weighted by atomic mass is 10.1. The van der Waals surface area contributed by atoms with Gasteiger partial charge in [-0.15, -0.1) is 0 Å². The molecule has 1 aliphatic rings. The molecule has 0 saturated carbocycles. The van der Waals surface area contributed by atoms with Crippen LogP contribution in [0.3, 0.4) is 0 Å². The van der Waals surface area contributed by atoms with Crippen molar-refractivity contribution in [2.45, 2.75) is 6.54 Å². The number of nitrogens with one attached hydrogen (secondary N) is 3. The maximum absolute atomic E-state index is 12.5. The number of nitriles is 1. The Hall–Kier alpha value is -4.77. The molecule has 0 atom stereocenters. The van der Waals surface area contributed by atoms with Crippen molar-refractivity contribution in [3.63, 3.8) is 0 Å². The fourth-order valence-electron chi connectivity index (χ4n) is 3.74. The number of urea groups is 1. The van der Waals surface area contributed by atoms with Crippen LogP contribution in [0.1, 0.15) is 11.1 Å². The summed E-state index contributed by atoms with van der Waals surface area (Å²) in [7, 11) is 0. The van der Waals surface area contributed by atoms with Crippen LogP contribution in [-0.2, 0) is 11.3 Å². The van der Waals surface area contributed by atoms with Crippen molar-refractivity contribution in [3.05, 3.63) is 84.1 Å². The molecule has 1 aliphatic heterocycles. The standard InChI is InChI=1S/C25H19N5O3/c26-13-16-1-3-17(4-2-16)14-30-22-8-7-20(12-23(22)33-15-24(30)31)29-25(32)28-19-6-5-18-9-10-27-21(18)11-19/h1-12,27H,14-15H2,(H2,28,29,32). The van der Waals surface area contributed by atoms with Crippen molar-refractivity contribution >= 4 is 39.9 Å². The lowest BCUT2D eigenvalue weighted by Gasteiger charge is -2.29. The van der Waals surface area contributed by atoms with Gasteiger partial charge in [-0.3, -0.25) is 4.79 Å². The van der Waals surface area contributed by atoms with E-state index in [-0.39, 0.29) is 18.5 Å². The van der Waals surface area contributed by atoms with Crippen molar-refractivity contribution in [1.82, 2.24) is 4.98 Å². The first-order valence-corrected chi connectivity index (χ1v) is 10.3. The molecular formula is C25H19N5O3. The average molecular weight is 437 g/mol. The molecule has 3 N–H and O–H groups in total. The van der Waals surface area contributed by atoms with E-state index in [4.69, 9.17) is 10.00 Å². The highest BCUT2D eigenvalue weighted by atomic mass is 16.5. The Kier molecular flexibility index (Phi) is 5.13. The van der Waals surface area contributed by atoms with Crippen LogP contribution < -0.4 is 20.3 Å². The number of rotatable bonds is 4. The first-order valence-electron chi connectivity index (χ1n) is 10.3. The number of hydrogen-bond acceptors (Lipinski definition) is 4. The van der Waals surface area contributed by atoms with E-state index in [0.717, 1.165) is 16.5 Å². The van der Waals surface area contributed by atoms with E-state index in [1.807, 2.05) is 42.6 Å². The van der Waals surface area contributed by atoms with Crippen LogP contribution >= 0.6 is 0 Å². The molecule has 8 nitrogen and oxygen atoms in total. The summed E-state index contributed by atoms with van der Waals surface area (Å²) in [6, 6.07) is 21.5. The number of nitrogens with zero attached hydrogens (tertiary/aromatic N) is 2. The van der Waals surface area contributed by atoms with Crippen LogP contribution in [0.5, 0.6) is 5.75 Å². The molecule has 0 spiro atoms. The molecule has 2 heterocycles. The van der Waals surface area contributed by atoms with Gasteiger partial charge in [-0.1, -0.05) is 18.2 Å². The van der Waals surface area contributed by atoms with Crippen LogP contribution in [0.2, 0.25) is 0 Å². The van der Waals surface area contributed by atoms with E-state index in [2.05, 4.69) is 21.7 Å². The van der Waals surface area contributed by atoms with Crippen LogP contribution in [0, 0.1) is 11.3 Å². The second-order valence-corrected chi connectivity index (χ2v) is 7.62. The van der Waals surface area contributed by atoms with Gasteiger partial charge in [-0.2, -0.15) is 5.26 Å². The molecule has 162 valence electrons. The number of hydrogen-bond donors (Lipinski definition) is 3. The van der Waals surface area contributed by atoms with Gasteiger partial charge in [-0.05, 0) is 53.4 Å². The number of carbonyl (C=O) groups is 2. The smallest absolute Gasteiger partial charge is 0.323 e. The monoisotopic (exact) mass is 437 g/mol. The minimum atomic E-state index is -0.387. The second-order valence-electron chi connectivity index (χ2n) is 7.62. The zero-order chi connectivity index (χ0) is 22.8. The van der Waals surface area contributed by atoms with Gasteiger partial charge >= 0.3 is 6.03 Å². The summed E-state index contributed by atoms with van der Waals surface area (Å²) in [4.78, 5) is 29.7. The van der Waals surface area contributed by atoms with E-state index in [1.54, 1.807) is 35.2 Å².